The van der Waals surface area contributed by atoms with E-state index in [1.807, 2.05) is 0 Å². The lowest BCUT2D eigenvalue weighted by atomic mass is 9.99. The molecule has 0 spiro atoms. The monoisotopic (exact) mass is 202 g/mol. The van der Waals surface area contributed by atoms with Crippen molar-refractivity contribution in [3.8, 4) is 0 Å². The summed E-state index contributed by atoms with van der Waals surface area (Å²) in [6.07, 6.45) is -4.47. The van der Waals surface area contributed by atoms with Crippen molar-refractivity contribution in [2.75, 3.05) is 0 Å². The van der Waals surface area contributed by atoms with Crippen molar-refractivity contribution in [2.24, 2.45) is 0 Å². The Morgan fingerprint density at radius 2 is 1.86 bits per heavy atom. The first-order valence-electron chi connectivity index (χ1n) is 4.02. The van der Waals surface area contributed by atoms with E-state index >= 15 is 0 Å². The van der Waals surface area contributed by atoms with Crippen molar-refractivity contribution in [1.29, 1.82) is 0 Å². The minimum Gasteiger partial charge on any atom is -0.294 e. The number of ketones is 1. The van der Waals surface area contributed by atoms with Gasteiger partial charge in [0.2, 0.25) is 0 Å². The van der Waals surface area contributed by atoms with Crippen LogP contribution in [0.15, 0.2) is 18.2 Å². The van der Waals surface area contributed by atoms with Crippen LogP contribution in [0.1, 0.15) is 28.4 Å². The van der Waals surface area contributed by atoms with Crippen molar-refractivity contribution in [1.82, 2.24) is 0 Å². The molecule has 0 aliphatic carbocycles. The first-order valence-corrected chi connectivity index (χ1v) is 4.02. The van der Waals surface area contributed by atoms with Crippen LogP contribution < -0.4 is 0 Å². The van der Waals surface area contributed by atoms with Gasteiger partial charge in [0.25, 0.3) is 0 Å². The molecule has 0 heterocycles. The van der Waals surface area contributed by atoms with Crippen molar-refractivity contribution in [3.63, 3.8) is 0 Å². The fourth-order valence-corrected chi connectivity index (χ4v) is 1.34. The van der Waals surface area contributed by atoms with Crippen molar-refractivity contribution in [3.05, 3.63) is 34.9 Å². The predicted octanol–water partition coefficient (Wildman–Crippen LogP) is 3.22. The van der Waals surface area contributed by atoms with Gasteiger partial charge in [0.1, 0.15) is 0 Å². The van der Waals surface area contributed by atoms with Crippen LogP contribution in [0.5, 0.6) is 0 Å². The number of carbonyl (C=O) groups is 1. The molecule has 0 aliphatic rings. The van der Waals surface area contributed by atoms with Crippen LogP contribution in [-0.2, 0) is 6.18 Å². The number of Topliss-reactive ketones (excluding diaryl/α,β-unsaturated/α-hetero) is 1. The largest absolute Gasteiger partial charge is 0.417 e. The molecule has 0 saturated heterocycles. The number of hydrogen-bond acceptors (Lipinski definition) is 1. The summed E-state index contributed by atoms with van der Waals surface area (Å²) in [7, 11) is 0. The van der Waals surface area contributed by atoms with Crippen LogP contribution >= 0.6 is 0 Å². The number of carbonyl (C=O) groups excluding carboxylic acids is 1. The van der Waals surface area contributed by atoms with Gasteiger partial charge >= 0.3 is 6.18 Å². The van der Waals surface area contributed by atoms with E-state index < -0.39 is 17.5 Å². The highest BCUT2D eigenvalue weighted by Gasteiger charge is 2.35. The zero-order valence-electron chi connectivity index (χ0n) is 7.77. The molecule has 0 N–H and O–H groups in total. The third-order valence-corrected chi connectivity index (χ3v) is 1.94. The molecule has 0 saturated carbocycles. The molecule has 0 aliphatic heterocycles. The highest BCUT2D eigenvalue weighted by Crippen LogP contribution is 2.34. The van der Waals surface area contributed by atoms with Gasteiger partial charge in [-0.05, 0) is 19.4 Å². The van der Waals surface area contributed by atoms with Crippen molar-refractivity contribution in [2.45, 2.75) is 20.0 Å². The number of alkyl halides is 3. The maximum Gasteiger partial charge on any atom is 0.417 e. The van der Waals surface area contributed by atoms with Gasteiger partial charge in [-0.2, -0.15) is 13.2 Å². The fourth-order valence-electron chi connectivity index (χ4n) is 1.34. The maximum atomic E-state index is 12.5. The van der Waals surface area contributed by atoms with Crippen LogP contribution in [-0.4, -0.2) is 5.78 Å². The second kappa shape index (κ2) is 3.44. The Kier molecular flexibility index (Phi) is 2.64. The molecule has 0 atom stereocenters. The molecule has 0 unspecified atom stereocenters. The van der Waals surface area contributed by atoms with Gasteiger partial charge in [-0.15, -0.1) is 0 Å². The molecule has 1 aromatic rings. The van der Waals surface area contributed by atoms with Gasteiger partial charge in [-0.1, -0.05) is 18.2 Å². The van der Waals surface area contributed by atoms with Crippen LogP contribution in [0.25, 0.3) is 0 Å². The molecule has 1 nitrogen and oxygen atoms in total. The lowest BCUT2D eigenvalue weighted by Gasteiger charge is -2.13. The lowest BCUT2D eigenvalue weighted by molar-refractivity contribution is -0.138. The molecular formula is C10H9F3O. The zero-order valence-corrected chi connectivity index (χ0v) is 7.77. The number of benzene rings is 1. The zero-order chi connectivity index (χ0) is 10.9. The van der Waals surface area contributed by atoms with E-state index in [4.69, 9.17) is 0 Å². The summed E-state index contributed by atoms with van der Waals surface area (Å²) < 4.78 is 37.6. The van der Waals surface area contributed by atoms with Crippen molar-refractivity contribution < 1.29 is 18.0 Å². The first kappa shape index (κ1) is 10.8. The van der Waals surface area contributed by atoms with Gasteiger partial charge in [0, 0.05) is 5.56 Å². The Bertz CT molecular complexity index is 366. The lowest BCUT2D eigenvalue weighted by Crippen LogP contribution is -2.13. The van der Waals surface area contributed by atoms with E-state index in [9.17, 15) is 18.0 Å². The Morgan fingerprint density at radius 1 is 1.29 bits per heavy atom. The molecule has 0 fully saturated rings. The van der Waals surface area contributed by atoms with E-state index in [0.29, 0.717) is 0 Å². The third-order valence-electron chi connectivity index (χ3n) is 1.94. The van der Waals surface area contributed by atoms with Crippen LogP contribution in [0.4, 0.5) is 13.2 Å². The molecule has 4 heteroatoms. The Balaban J connectivity index is 3.45. The van der Waals surface area contributed by atoms with Crippen LogP contribution in [0.3, 0.4) is 0 Å². The average Bonchev–Trinajstić information content (AvgIpc) is 2.01. The topological polar surface area (TPSA) is 17.1 Å². The van der Waals surface area contributed by atoms with Crippen molar-refractivity contribution >= 4 is 5.78 Å². The summed E-state index contributed by atoms with van der Waals surface area (Å²) in [5, 5.41) is 0. The maximum absolute atomic E-state index is 12.5. The first-order chi connectivity index (χ1) is 6.34. The number of aryl methyl sites for hydroxylation is 1. The summed E-state index contributed by atoms with van der Waals surface area (Å²) in [4.78, 5) is 11.0. The second-order valence-corrected chi connectivity index (χ2v) is 3.05. The van der Waals surface area contributed by atoms with Crippen LogP contribution in [0.2, 0.25) is 0 Å². The van der Waals surface area contributed by atoms with Gasteiger partial charge in [-0.25, -0.2) is 0 Å². The molecule has 14 heavy (non-hydrogen) atoms. The summed E-state index contributed by atoms with van der Waals surface area (Å²) in [5.74, 6) is -0.568. The Morgan fingerprint density at radius 3 is 2.21 bits per heavy atom. The van der Waals surface area contributed by atoms with E-state index in [2.05, 4.69) is 0 Å². The van der Waals surface area contributed by atoms with E-state index in [1.165, 1.54) is 25.1 Å². The molecule has 0 aromatic heterocycles. The smallest absolute Gasteiger partial charge is 0.294 e. The van der Waals surface area contributed by atoms with E-state index in [-0.39, 0.29) is 11.1 Å². The third kappa shape index (κ3) is 1.95. The average molecular weight is 202 g/mol. The summed E-state index contributed by atoms with van der Waals surface area (Å²) in [6, 6.07) is 3.98. The molecule has 1 rings (SSSR count). The van der Waals surface area contributed by atoms with E-state index in [1.54, 1.807) is 0 Å². The number of hydrogen-bond donors (Lipinski definition) is 0. The summed E-state index contributed by atoms with van der Waals surface area (Å²) >= 11 is 0. The second-order valence-electron chi connectivity index (χ2n) is 3.05. The minimum absolute atomic E-state index is 0.0743. The van der Waals surface area contributed by atoms with Gasteiger partial charge < -0.3 is 0 Å². The normalized spacial score (nSPS) is 11.5. The SMILES string of the molecule is CC(=O)c1cccc(C)c1C(F)(F)F. The van der Waals surface area contributed by atoms with E-state index in [0.717, 1.165) is 6.92 Å². The molecule has 0 amide bonds. The summed E-state index contributed by atoms with van der Waals surface area (Å²) in [6.45, 7) is 2.47. The minimum atomic E-state index is -4.47. The fraction of sp³-hybridized carbons (Fsp3) is 0.300. The highest BCUT2D eigenvalue weighted by atomic mass is 19.4. The van der Waals surface area contributed by atoms with Gasteiger partial charge in [-0.3, -0.25) is 4.79 Å². The molecule has 0 bridgehead atoms. The predicted molar refractivity (Wildman–Crippen MR) is 46.2 cm³/mol. The Labute approximate surface area is 79.5 Å². The number of halogens is 3. The van der Waals surface area contributed by atoms with Gasteiger partial charge in [0.15, 0.2) is 5.78 Å². The molecule has 0 radical (unpaired) electrons. The Hall–Kier alpha value is -1.32. The number of rotatable bonds is 1. The van der Waals surface area contributed by atoms with Gasteiger partial charge in [0.05, 0.1) is 5.56 Å². The molecule has 76 valence electrons. The quantitative estimate of drug-likeness (QED) is 0.639. The standard InChI is InChI=1S/C10H9F3O/c1-6-4-3-5-8(7(2)14)9(6)10(11,12)13/h3-5H,1-2H3. The van der Waals surface area contributed by atoms with Crippen LogP contribution in [0, 0.1) is 6.92 Å². The highest BCUT2D eigenvalue weighted by molar-refractivity contribution is 5.96. The summed E-state index contributed by atoms with van der Waals surface area (Å²) in [5.41, 5.74) is -1.02. The molecular weight excluding hydrogens is 193 g/mol. The molecule has 1 aromatic carbocycles.